The molecule has 0 saturated carbocycles. The van der Waals surface area contributed by atoms with Crippen molar-refractivity contribution in [2.75, 3.05) is 0 Å². The maximum absolute atomic E-state index is 10.7. The number of hydrogen-bond acceptors (Lipinski definition) is 4. The van der Waals surface area contributed by atoms with Crippen LogP contribution < -0.4 is 4.74 Å². The summed E-state index contributed by atoms with van der Waals surface area (Å²) in [7, 11) is 0. The smallest absolute Gasteiger partial charge is 0.344 e. The van der Waals surface area contributed by atoms with E-state index in [2.05, 4.69) is 4.98 Å². The molecule has 0 aromatic carbocycles. The molecule has 17 heavy (non-hydrogen) atoms. The highest BCUT2D eigenvalue weighted by molar-refractivity contribution is 7.14. The zero-order valence-corrected chi connectivity index (χ0v) is 9.98. The second kappa shape index (κ2) is 4.97. The summed E-state index contributed by atoms with van der Waals surface area (Å²) in [6.07, 6.45) is 2.53. The molecule has 1 N–H and O–H groups in total. The van der Waals surface area contributed by atoms with Gasteiger partial charge in [0, 0.05) is 12.4 Å². The summed E-state index contributed by atoms with van der Waals surface area (Å²) in [5, 5.41) is 10.7. The van der Waals surface area contributed by atoms with Crippen LogP contribution in [0, 0.1) is 0 Å². The number of pyridine rings is 1. The Kier molecular flexibility index (Phi) is 3.39. The van der Waals surface area contributed by atoms with E-state index in [-0.39, 0.29) is 0 Å². The Morgan fingerprint density at radius 3 is 2.76 bits per heavy atom. The minimum absolute atomic E-state index is 0.594. The highest BCUT2D eigenvalue weighted by Gasteiger charge is 2.16. The van der Waals surface area contributed by atoms with Gasteiger partial charge in [-0.3, -0.25) is 4.98 Å². The zero-order valence-electron chi connectivity index (χ0n) is 9.16. The van der Waals surface area contributed by atoms with Crippen LogP contribution in [0.4, 0.5) is 0 Å². The topological polar surface area (TPSA) is 59.4 Å². The van der Waals surface area contributed by atoms with Gasteiger partial charge in [0.25, 0.3) is 0 Å². The first-order valence-electron chi connectivity index (χ1n) is 5.06. The van der Waals surface area contributed by atoms with Gasteiger partial charge < -0.3 is 9.84 Å². The van der Waals surface area contributed by atoms with Gasteiger partial charge in [0.05, 0.1) is 4.88 Å². The Balaban J connectivity index is 2.26. The molecule has 1 unspecified atom stereocenters. The lowest BCUT2D eigenvalue weighted by Gasteiger charge is -2.10. The van der Waals surface area contributed by atoms with E-state index in [9.17, 15) is 4.79 Å². The van der Waals surface area contributed by atoms with Crippen LogP contribution >= 0.6 is 11.3 Å². The number of aromatic nitrogens is 1. The summed E-state index contributed by atoms with van der Waals surface area (Å²) in [6.45, 7) is 1.51. The minimum Gasteiger partial charge on any atom is -0.479 e. The van der Waals surface area contributed by atoms with Gasteiger partial charge in [-0.15, -0.1) is 11.3 Å². The Labute approximate surface area is 103 Å². The Bertz CT molecular complexity index is 509. The number of rotatable bonds is 4. The normalized spacial score (nSPS) is 12.1. The van der Waals surface area contributed by atoms with Crippen LogP contribution in [-0.2, 0) is 4.79 Å². The van der Waals surface area contributed by atoms with E-state index in [4.69, 9.17) is 9.84 Å². The van der Waals surface area contributed by atoms with Crippen LogP contribution in [0.25, 0.3) is 10.4 Å². The van der Waals surface area contributed by atoms with Crippen molar-refractivity contribution in [1.82, 2.24) is 4.98 Å². The van der Waals surface area contributed by atoms with Gasteiger partial charge in [-0.05, 0) is 36.1 Å². The number of carboxylic acid groups (broad SMARTS) is 1. The van der Waals surface area contributed by atoms with Crippen molar-refractivity contribution in [1.29, 1.82) is 0 Å². The van der Waals surface area contributed by atoms with Gasteiger partial charge in [0.1, 0.15) is 5.75 Å². The lowest BCUT2D eigenvalue weighted by molar-refractivity contribution is -0.144. The first-order chi connectivity index (χ1) is 8.18. The van der Waals surface area contributed by atoms with Crippen LogP contribution in [-0.4, -0.2) is 22.2 Å². The quantitative estimate of drug-likeness (QED) is 0.905. The highest BCUT2D eigenvalue weighted by Crippen LogP contribution is 2.35. The predicted octanol–water partition coefficient (Wildman–Crippen LogP) is 2.66. The molecule has 0 aliphatic carbocycles. The molecule has 2 rings (SSSR count). The summed E-state index contributed by atoms with van der Waals surface area (Å²) < 4.78 is 5.39. The molecule has 0 aliphatic heterocycles. The van der Waals surface area contributed by atoms with Crippen molar-refractivity contribution in [3.63, 3.8) is 0 Å². The number of carbonyl (C=O) groups is 1. The summed E-state index contributed by atoms with van der Waals surface area (Å²) in [5.41, 5.74) is 0.975. The van der Waals surface area contributed by atoms with E-state index in [1.807, 2.05) is 17.5 Å². The van der Waals surface area contributed by atoms with Crippen LogP contribution in [0.15, 0.2) is 36.0 Å². The van der Waals surface area contributed by atoms with E-state index >= 15 is 0 Å². The van der Waals surface area contributed by atoms with Gasteiger partial charge >= 0.3 is 5.97 Å². The van der Waals surface area contributed by atoms with Crippen LogP contribution in [0.2, 0.25) is 0 Å². The van der Waals surface area contributed by atoms with Gasteiger partial charge in [0.15, 0.2) is 6.10 Å². The third-order valence-corrected chi connectivity index (χ3v) is 3.17. The predicted molar refractivity (Wildman–Crippen MR) is 65.3 cm³/mol. The van der Waals surface area contributed by atoms with Crippen LogP contribution in [0.5, 0.6) is 5.75 Å². The van der Waals surface area contributed by atoms with E-state index in [0.717, 1.165) is 10.4 Å². The number of thiophene rings is 1. The van der Waals surface area contributed by atoms with Gasteiger partial charge in [-0.1, -0.05) is 0 Å². The van der Waals surface area contributed by atoms with Gasteiger partial charge in [-0.2, -0.15) is 0 Å². The summed E-state index contributed by atoms with van der Waals surface area (Å²) in [5.74, 6) is -0.382. The molecule has 2 aromatic heterocycles. The van der Waals surface area contributed by atoms with E-state index in [1.165, 1.54) is 18.3 Å². The van der Waals surface area contributed by atoms with Crippen molar-refractivity contribution in [2.24, 2.45) is 0 Å². The molecule has 0 bridgehead atoms. The molecule has 0 aliphatic rings. The second-order valence-electron chi connectivity index (χ2n) is 3.45. The number of nitrogens with zero attached hydrogens (tertiary/aromatic N) is 1. The second-order valence-corrected chi connectivity index (χ2v) is 4.36. The summed E-state index contributed by atoms with van der Waals surface area (Å²) in [6, 6.07) is 5.51. The fraction of sp³-hybridized carbons (Fsp3) is 0.167. The number of carboxylic acids is 1. The van der Waals surface area contributed by atoms with Crippen molar-refractivity contribution in [3.8, 4) is 16.2 Å². The number of hydrogen-bond donors (Lipinski definition) is 1. The lowest BCUT2D eigenvalue weighted by Crippen LogP contribution is -2.22. The largest absolute Gasteiger partial charge is 0.479 e. The molecular weight excluding hydrogens is 238 g/mol. The zero-order chi connectivity index (χ0) is 12.3. The Hall–Kier alpha value is -1.88. The van der Waals surface area contributed by atoms with E-state index < -0.39 is 12.1 Å². The van der Waals surface area contributed by atoms with Crippen molar-refractivity contribution in [2.45, 2.75) is 13.0 Å². The average Bonchev–Trinajstić information content (AvgIpc) is 2.78. The molecule has 0 radical (unpaired) electrons. The van der Waals surface area contributed by atoms with Crippen molar-refractivity contribution in [3.05, 3.63) is 36.0 Å². The molecule has 2 aromatic rings. The first kappa shape index (κ1) is 11.6. The summed E-state index contributed by atoms with van der Waals surface area (Å²) >= 11 is 1.51. The molecule has 2 heterocycles. The fourth-order valence-electron chi connectivity index (χ4n) is 1.34. The minimum atomic E-state index is -0.975. The Morgan fingerprint density at radius 2 is 2.12 bits per heavy atom. The maximum atomic E-state index is 10.7. The average molecular weight is 249 g/mol. The molecule has 0 amide bonds. The molecule has 0 spiro atoms. The van der Waals surface area contributed by atoms with Crippen molar-refractivity contribution >= 4 is 17.3 Å². The van der Waals surface area contributed by atoms with Crippen LogP contribution in [0.1, 0.15) is 6.92 Å². The fourth-order valence-corrected chi connectivity index (χ4v) is 2.18. The molecule has 0 fully saturated rings. The van der Waals surface area contributed by atoms with Crippen LogP contribution in [0.3, 0.4) is 0 Å². The van der Waals surface area contributed by atoms with Crippen molar-refractivity contribution < 1.29 is 14.6 Å². The van der Waals surface area contributed by atoms with E-state index in [1.54, 1.807) is 18.5 Å². The molecule has 1 atom stereocenters. The standard InChI is InChI=1S/C12H11NO3S/c1-8(12(14)15)16-10-4-7-17-11(10)9-2-5-13-6-3-9/h2-8H,1H3,(H,14,15). The van der Waals surface area contributed by atoms with E-state index in [0.29, 0.717) is 5.75 Å². The summed E-state index contributed by atoms with van der Waals surface area (Å²) in [4.78, 5) is 15.6. The third-order valence-electron chi connectivity index (χ3n) is 2.22. The number of ether oxygens (including phenoxy) is 1. The van der Waals surface area contributed by atoms with Gasteiger partial charge in [0.2, 0.25) is 0 Å². The lowest BCUT2D eigenvalue weighted by atomic mass is 10.2. The molecular formula is C12H11NO3S. The first-order valence-corrected chi connectivity index (χ1v) is 5.94. The number of aliphatic carboxylic acids is 1. The Morgan fingerprint density at radius 1 is 1.41 bits per heavy atom. The molecule has 4 nitrogen and oxygen atoms in total. The highest BCUT2D eigenvalue weighted by atomic mass is 32.1. The van der Waals surface area contributed by atoms with Gasteiger partial charge in [-0.25, -0.2) is 4.79 Å². The molecule has 0 saturated heterocycles. The maximum Gasteiger partial charge on any atom is 0.344 e. The monoisotopic (exact) mass is 249 g/mol. The molecule has 5 heteroatoms. The SMILES string of the molecule is CC(Oc1ccsc1-c1ccncc1)C(=O)O. The third kappa shape index (κ3) is 2.62. The molecule has 88 valence electrons.